The van der Waals surface area contributed by atoms with Gasteiger partial charge in [-0.15, -0.1) is 0 Å². The fourth-order valence-electron chi connectivity index (χ4n) is 0. The van der Waals surface area contributed by atoms with Crippen molar-refractivity contribution in [1.82, 2.24) is 0 Å². The summed E-state index contributed by atoms with van der Waals surface area (Å²) in [6.07, 6.45) is 0. The molecule has 6 N–H and O–H groups in total. The van der Waals surface area contributed by atoms with Gasteiger partial charge in [0.2, 0.25) is 0 Å². The summed E-state index contributed by atoms with van der Waals surface area (Å²) in [4.78, 5) is 21.6. The average Bonchev–Trinajstić information content (AvgIpc) is 1.36. The monoisotopic (exact) mass is 187 g/mol. The van der Waals surface area contributed by atoms with Gasteiger partial charge < -0.3 is 19.9 Å². The van der Waals surface area contributed by atoms with Crippen molar-refractivity contribution in [3.05, 3.63) is 0 Å². The molecule has 0 heterocycles. The van der Waals surface area contributed by atoms with Gasteiger partial charge in [-0.3, -0.25) is 0 Å². The summed E-state index contributed by atoms with van der Waals surface area (Å²) >= 11 is 0. The maximum Gasteiger partial charge on any atom is 0.466 e. The molecule has 0 aliphatic heterocycles. The molecule has 0 radical (unpaired) electrons. The number of hydrogen-bond donors (Lipinski definition) is 5. The van der Waals surface area contributed by atoms with E-state index in [0.29, 0.717) is 0 Å². The van der Waals surface area contributed by atoms with E-state index in [9.17, 15) is 0 Å². The predicted octanol–water partition coefficient (Wildman–Crippen LogP) is -1.60. The van der Waals surface area contributed by atoms with Crippen LogP contribution in [-0.4, -0.2) is 19.9 Å². The third kappa shape index (κ3) is 668. The third-order valence-corrected chi connectivity index (χ3v) is 0. The molecule has 0 aromatic rings. The van der Waals surface area contributed by atoms with E-state index in [1.807, 2.05) is 0 Å². The van der Waals surface area contributed by atoms with Crippen molar-refractivity contribution in [2.24, 2.45) is 5.90 Å². The van der Waals surface area contributed by atoms with Crippen molar-refractivity contribution >= 4 is 7.82 Å². The standard InChI is InChI=1S/Fe.H3NO.H3O4P/c;1-2;1-5(2,3)4/h;2H,1H2;(H3,1,2,3,4). The Bertz CT molecular complexity index is 58.6. The van der Waals surface area contributed by atoms with Crippen LogP contribution in [0.4, 0.5) is 0 Å². The van der Waals surface area contributed by atoms with Crippen LogP contribution in [0, 0.1) is 0 Å². The van der Waals surface area contributed by atoms with Crippen molar-refractivity contribution in [3.63, 3.8) is 0 Å². The summed E-state index contributed by atoms with van der Waals surface area (Å²) in [6.45, 7) is 0. The molecule has 0 fully saturated rings. The molecular weight excluding hydrogens is 181 g/mol. The summed E-state index contributed by atoms with van der Waals surface area (Å²) in [7, 11) is -4.64. The zero-order chi connectivity index (χ0) is 6.50. The largest absolute Gasteiger partial charge is 0.466 e. The second-order valence-electron chi connectivity index (χ2n) is 0.513. The van der Waals surface area contributed by atoms with Crippen LogP contribution in [-0.2, 0) is 21.6 Å². The minimum atomic E-state index is -4.64. The number of hydrogen-bond acceptors (Lipinski definition) is 3. The van der Waals surface area contributed by atoms with E-state index < -0.39 is 7.82 Å². The fraction of sp³-hybridized carbons (Fsp3) is 0. The first-order valence-electron chi connectivity index (χ1n) is 1.04. The maximum atomic E-state index is 8.88. The Morgan fingerprint density at radius 3 is 1.12 bits per heavy atom. The van der Waals surface area contributed by atoms with Gasteiger partial charge in [-0.05, 0) is 0 Å². The number of phosphoric acid groups is 1. The summed E-state index contributed by atoms with van der Waals surface area (Å²) < 4.78 is 8.88. The van der Waals surface area contributed by atoms with Gasteiger partial charge in [0.25, 0.3) is 0 Å². The summed E-state index contributed by atoms with van der Waals surface area (Å²) in [5, 5.41) is 6.50. The van der Waals surface area contributed by atoms with E-state index >= 15 is 0 Å². The van der Waals surface area contributed by atoms with E-state index in [1.165, 1.54) is 0 Å². The molecule has 0 bridgehead atoms. The van der Waals surface area contributed by atoms with Crippen LogP contribution in [0.25, 0.3) is 0 Å². The van der Waals surface area contributed by atoms with Gasteiger partial charge >= 0.3 is 7.82 Å². The van der Waals surface area contributed by atoms with Crippen LogP contribution in [0.5, 0.6) is 0 Å². The molecule has 0 aromatic carbocycles. The second-order valence-corrected chi connectivity index (χ2v) is 1.54. The molecule has 0 aromatic heterocycles. The van der Waals surface area contributed by atoms with Crippen LogP contribution in [0.3, 0.4) is 0 Å². The van der Waals surface area contributed by atoms with Gasteiger partial charge in [-0.1, -0.05) is 0 Å². The summed E-state index contributed by atoms with van der Waals surface area (Å²) in [6, 6.07) is 0. The Morgan fingerprint density at radius 1 is 1.12 bits per heavy atom. The van der Waals surface area contributed by atoms with Crippen LogP contribution in [0.15, 0.2) is 0 Å². The van der Waals surface area contributed by atoms with Crippen molar-refractivity contribution in [2.75, 3.05) is 0 Å². The van der Waals surface area contributed by atoms with Crippen molar-refractivity contribution in [1.29, 1.82) is 0 Å². The molecule has 8 heavy (non-hydrogen) atoms. The Balaban J connectivity index is -0.0000000750. The van der Waals surface area contributed by atoms with Gasteiger partial charge in [0.05, 0.1) is 0 Å². The Hall–Kier alpha value is 0.549. The minimum absolute atomic E-state index is 0. The topological polar surface area (TPSA) is 124 Å². The van der Waals surface area contributed by atoms with Gasteiger partial charge in [0.1, 0.15) is 0 Å². The summed E-state index contributed by atoms with van der Waals surface area (Å²) in [5.41, 5.74) is 0. The van der Waals surface area contributed by atoms with E-state index in [4.69, 9.17) is 24.5 Å². The first kappa shape index (κ1) is 15.8. The number of nitrogens with two attached hydrogens (primary N) is 1. The zero-order valence-corrected chi connectivity index (χ0v) is 5.57. The van der Waals surface area contributed by atoms with Gasteiger partial charge in [-0.2, -0.15) is 0 Å². The molecule has 0 saturated carbocycles. The van der Waals surface area contributed by atoms with Crippen LogP contribution in [0.1, 0.15) is 0 Å². The molecule has 0 aliphatic carbocycles. The molecule has 6 nitrogen and oxygen atoms in total. The maximum absolute atomic E-state index is 8.88. The van der Waals surface area contributed by atoms with Gasteiger partial charge in [-0.25, -0.2) is 10.5 Å². The molecule has 0 unspecified atom stereocenters. The Kier molecular flexibility index (Phi) is 14.9. The molecule has 0 atom stereocenters. The average molecular weight is 187 g/mol. The zero-order valence-electron chi connectivity index (χ0n) is 3.58. The van der Waals surface area contributed by atoms with Crippen LogP contribution >= 0.6 is 7.82 Å². The minimum Gasteiger partial charge on any atom is -0.320 e. The second kappa shape index (κ2) is 7.55. The van der Waals surface area contributed by atoms with Crippen LogP contribution in [0.2, 0.25) is 0 Å². The predicted molar refractivity (Wildman–Crippen MR) is 20.2 cm³/mol. The molecule has 54 valence electrons. The van der Waals surface area contributed by atoms with E-state index in [0.717, 1.165) is 0 Å². The van der Waals surface area contributed by atoms with Crippen molar-refractivity contribution < 1.29 is 41.5 Å². The van der Waals surface area contributed by atoms with E-state index in [-0.39, 0.29) is 17.1 Å². The van der Waals surface area contributed by atoms with Gasteiger partial charge in [0, 0.05) is 17.1 Å². The van der Waals surface area contributed by atoms with Crippen LogP contribution < -0.4 is 5.90 Å². The molecule has 8 heteroatoms. The van der Waals surface area contributed by atoms with Gasteiger partial charge in [0.15, 0.2) is 0 Å². The normalized spacial score (nSPS) is 8.12. The molecule has 0 amide bonds. The Labute approximate surface area is 56.0 Å². The van der Waals surface area contributed by atoms with E-state index in [1.54, 1.807) is 0 Å². The van der Waals surface area contributed by atoms with Crippen molar-refractivity contribution in [2.45, 2.75) is 0 Å². The van der Waals surface area contributed by atoms with Crippen molar-refractivity contribution in [3.8, 4) is 0 Å². The smallest absolute Gasteiger partial charge is 0.320 e. The summed E-state index contributed by atoms with van der Waals surface area (Å²) in [5.74, 6) is 3.50. The molecular formula is H6FeNO5P. The fourth-order valence-corrected chi connectivity index (χ4v) is 0. The first-order chi connectivity index (χ1) is 3.00. The molecule has 0 rings (SSSR count). The Morgan fingerprint density at radius 2 is 1.12 bits per heavy atom. The third-order valence-electron chi connectivity index (χ3n) is 0. The SMILES string of the molecule is NO.O=P(O)(O)O.[Fe]. The quantitative estimate of drug-likeness (QED) is 0.177. The molecule has 0 aliphatic rings. The first-order valence-corrected chi connectivity index (χ1v) is 2.61. The molecule has 0 saturated heterocycles. The van der Waals surface area contributed by atoms with E-state index in [2.05, 4.69) is 5.90 Å². The molecule has 0 spiro atoms. The number of rotatable bonds is 0.